The maximum Gasteiger partial charge on any atom is 0.0857 e. The zero-order valence-electron chi connectivity index (χ0n) is 11.4. The van der Waals surface area contributed by atoms with Gasteiger partial charge in [-0.1, -0.05) is 34.1 Å². The summed E-state index contributed by atoms with van der Waals surface area (Å²) in [6.45, 7) is 8.29. The van der Waals surface area contributed by atoms with Crippen molar-refractivity contribution in [2.75, 3.05) is 0 Å². The third kappa shape index (κ3) is 2.63. The van der Waals surface area contributed by atoms with Crippen LogP contribution in [0, 0.1) is 5.92 Å². The summed E-state index contributed by atoms with van der Waals surface area (Å²) in [6, 6.07) is 7.85. The van der Waals surface area contributed by atoms with Gasteiger partial charge in [0, 0.05) is 10.4 Å². The second-order valence-corrected chi connectivity index (χ2v) is 7.10. The molecule has 1 aliphatic heterocycles. The van der Waals surface area contributed by atoms with Crippen LogP contribution in [-0.4, -0.2) is 16.3 Å². The topological polar surface area (TPSA) is 29.5 Å². The van der Waals surface area contributed by atoms with Crippen molar-refractivity contribution < 1.29 is 9.84 Å². The number of aliphatic hydroxyl groups is 1. The van der Waals surface area contributed by atoms with Gasteiger partial charge in [-0.05, 0) is 45.7 Å². The smallest absolute Gasteiger partial charge is 0.0857 e. The maximum atomic E-state index is 10.7. The number of aliphatic hydroxyl groups excluding tert-OH is 1. The molecule has 3 heteroatoms. The standard InChI is InChI=1S/C15H21BrO2/c1-14(2)9-11(15(3,4)18-14)13(17)10-7-5-6-8-12(10)16/h5-8,11,13,17H,9H2,1-4H3. The minimum Gasteiger partial charge on any atom is -0.388 e. The Morgan fingerprint density at radius 2 is 1.89 bits per heavy atom. The van der Waals surface area contributed by atoms with Gasteiger partial charge in [0.1, 0.15) is 0 Å². The quantitative estimate of drug-likeness (QED) is 0.891. The summed E-state index contributed by atoms with van der Waals surface area (Å²) in [5, 5.41) is 10.7. The Bertz CT molecular complexity index is 440. The Morgan fingerprint density at radius 3 is 2.39 bits per heavy atom. The minimum atomic E-state index is -0.502. The highest BCUT2D eigenvalue weighted by molar-refractivity contribution is 9.10. The van der Waals surface area contributed by atoms with Gasteiger partial charge in [-0.15, -0.1) is 0 Å². The number of rotatable bonds is 2. The van der Waals surface area contributed by atoms with Crippen LogP contribution in [-0.2, 0) is 4.74 Å². The summed E-state index contributed by atoms with van der Waals surface area (Å²) in [6.07, 6.45) is 0.361. The van der Waals surface area contributed by atoms with Crippen LogP contribution < -0.4 is 0 Å². The lowest BCUT2D eigenvalue weighted by Crippen LogP contribution is -2.32. The van der Waals surface area contributed by atoms with E-state index in [9.17, 15) is 5.11 Å². The van der Waals surface area contributed by atoms with Crippen molar-refractivity contribution in [3.63, 3.8) is 0 Å². The lowest BCUT2D eigenvalue weighted by Gasteiger charge is -2.30. The van der Waals surface area contributed by atoms with E-state index in [1.807, 2.05) is 24.3 Å². The molecule has 2 nitrogen and oxygen atoms in total. The van der Waals surface area contributed by atoms with Crippen molar-refractivity contribution in [1.82, 2.24) is 0 Å². The summed E-state index contributed by atoms with van der Waals surface area (Å²) in [4.78, 5) is 0. The Balaban J connectivity index is 2.30. The zero-order valence-corrected chi connectivity index (χ0v) is 13.0. The predicted octanol–water partition coefficient (Wildman–Crippen LogP) is 4.08. The molecule has 1 N–H and O–H groups in total. The molecule has 1 aliphatic rings. The van der Waals surface area contributed by atoms with Crippen molar-refractivity contribution >= 4 is 15.9 Å². The van der Waals surface area contributed by atoms with Crippen LogP contribution in [0.5, 0.6) is 0 Å². The van der Waals surface area contributed by atoms with Crippen molar-refractivity contribution in [3.8, 4) is 0 Å². The van der Waals surface area contributed by atoms with E-state index in [0.717, 1.165) is 16.5 Å². The molecule has 2 unspecified atom stereocenters. The first-order valence-corrected chi connectivity index (χ1v) is 7.15. The molecule has 1 aromatic carbocycles. The van der Waals surface area contributed by atoms with E-state index in [2.05, 4.69) is 43.6 Å². The van der Waals surface area contributed by atoms with Crippen LogP contribution in [0.4, 0.5) is 0 Å². The van der Waals surface area contributed by atoms with Crippen LogP contribution in [0.3, 0.4) is 0 Å². The number of benzene rings is 1. The zero-order chi connectivity index (χ0) is 13.6. The molecule has 0 aromatic heterocycles. The first-order valence-electron chi connectivity index (χ1n) is 6.36. The van der Waals surface area contributed by atoms with Crippen molar-refractivity contribution in [2.24, 2.45) is 5.92 Å². The molecule has 1 heterocycles. The van der Waals surface area contributed by atoms with E-state index in [0.29, 0.717) is 0 Å². The van der Waals surface area contributed by atoms with E-state index >= 15 is 0 Å². The van der Waals surface area contributed by atoms with Gasteiger partial charge in [-0.3, -0.25) is 0 Å². The number of hydrogen-bond acceptors (Lipinski definition) is 2. The minimum absolute atomic E-state index is 0.103. The maximum absolute atomic E-state index is 10.7. The molecule has 1 aromatic rings. The van der Waals surface area contributed by atoms with Crippen LogP contribution >= 0.6 is 15.9 Å². The van der Waals surface area contributed by atoms with Gasteiger partial charge in [0.2, 0.25) is 0 Å². The molecule has 1 saturated heterocycles. The molecule has 1 fully saturated rings. The highest BCUT2D eigenvalue weighted by Gasteiger charge is 2.49. The lowest BCUT2D eigenvalue weighted by atomic mass is 9.80. The largest absolute Gasteiger partial charge is 0.388 e. The summed E-state index contributed by atoms with van der Waals surface area (Å²) < 4.78 is 7.01. The van der Waals surface area contributed by atoms with Gasteiger partial charge < -0.3 is 9.84 Å². The molecule has 0 aliphatic carbocycles. The summed E-state index contributed by atoms with van der Waals surface area (Å²) >= 11 is 3.51. The van der Waals surface area contributed by atoms with Gasteiger partial charge in [0.25, 0.3) is 0 Å². The molecule has 18 heavy (non-hydrogen) atoms. The molecule has 0 spiro atoms. The number of ether oxygens (including phenoxy) is 1. The average Bonchev–Trinajstić information content (AvgIpc) is 2.46. The molecular weight excluding hydrogens is 292 g/mol. The molecule has 0 radical (unpaired) electrons. The highest BCUT2D eigenvalue weighted by Crippen LogP contribution is 2.48. The van der Waals surface area contributed by atoms with Crippen LogP contribution in [0.15, 0.2) is 28.7 Å². The number of hydrogen-bond donors (Lipinski definition) is 1. The summed E-state index contributed by atoms with van der Waals surface area (Å²) in [7, 11) is 0. The fourth-order valence-corrected chi connectivity index (χ4v) is 3.55. The second kappa shape index (κ2) is 4.62. The van der Waals surface area contributed by atoms with Gasteiger partial charge in [-0.2, -0.15) is 0 Å². The summed E-state index contributed by atoms with van der Waals surface area (Å²) in [5.41, 5.74) is 0.464. The van der Waals surface area contributed by atoms with Crippen LogP contribution in [0.25, 0.3) is 0 Å². The lowest BCUT2D eigenvalue weighted by molar-refractivity contribution is -0.0880. The van der Waals surface area contributed by atoms with E-state index < -0.39 is 6.10 Å². The molecule has 0 bridgehead atoms. The van der Waals surface area contributed by atoms with E-state index in [1.54, 1.807) is 0 Å². The molecule has 2 rings (SSSR count). The highest BCUT2D eigenvalue weighted by atomic mass is 79.9. The monoisotopic (exact) mass is 312 g/mol. The van der Waals surface area contributed by atoms with E-state index in [4.69, 9.17) is 4.74 Å². The third-order valence-corrected chi connectivity index (χ3v) is 4.47. The first-order chi connectivity index (χ1) is 8.23. The van der Waals surface area contributed by atoms with E-state index in [1.165, 1.54) is 0 Å². The van der Waals surface area contributed by atoms with Gasteiger partial charge in [0.15, 0.2) is 0 Å². The average molecular weight is 313 g/mol. The Morgan fingerprint density at radius 1 is 1.28 bits per heavy atom. The van der Waals surface area contributed by atoms with Crippen molar-refractivity contribution in [2.45, 2.75) is 51.4 Å². The predicted molar refractivity (Wildman–Crippen MR) is 76.5 cm³/mol. The molecule has 0 saturated carbocycles. The fourth-order valence-electron chi connectivity index (χ4n) is 3.03. The normalized spacial score (nSPS) is 27.1. The molecule has 100 valence electrons. The van der Waals surface area contributed by atoms with Crippen LogP contribution in [0.2, 0.25) is 0 Å². The van der Waals surface area contributed by atoms with Gasteiger partial charge in [0.05, 0.1) is 17.3 Å². The Labute approximate surface area is 117 Å². The SMILES string of the molecule is CC1(C)CC(C(O)c2ccccc2Br)C(C)(C)O1. The van der Waals surface area contributed by atoms with Crippen molar-refractivity contribution in [3.05, 3.63) is 34.3 Å². The molecule has 0 amide bonds. The summed E-state index contributed by atoms with van der Waals surface area (Å²) in [5.74, 6) is 0.103. The van der Waals surface area contributed by atoms with Gasteiger partial charge in [-0.25, -0.2) is 0 Å². The fraction of sp³-hybridized carbons (Fsp3) is 0.600. The first kappa shape index (κ1) is 14.0. The number of halogens is 1. The Hall–Kier alpha value is -0.380. The van der Waals surface area contributed by atoms with E-state index in [-0.39, 0.29) is 17.1 Å². The molecule has 2 atom stereocenters. The second-order valence-electron chi connectivity index (χ2n) is 6.24. The Kier molecular flexibility index (Phi) is 3.60. The molecular formula is C15H21BrO2. The third-order valence-electron chi connectivity index (χ3n) is 3.75. The van der Waals surface area contributed by atoms with Gasteiger partial charge >= 0.3 is 0 Å². The van der Waals surface area contributed by atoms with Crippen molar-refractivity contribution in [1.29, 1.82) is 0 Å². The van der Waals surface area contributed by atoms with Crippen LogP contribution in [0.1, 0.15) is 45.8 Å².